The van der Waals surface area contributed by atoms with Gasteiger partial charge >= 0.3 is 5.97 Å². The molecule has 0 radical (unpaired) electrons. The fourth-order valence-electron chi connectivity index (χ4n) is 4.75. The van der Waals surface area contributed by atoms with E-state index in [0.29, 0.717) is 34.1 Å². The van der Waals surface area contributed by atoms with Crippen molar-refractivity contribution in [1.29, 1.82) is 0 Å². The van der Waals surface area contributed by atoms with Crippen LogP contribution in [0.4, 0.5) is 0 Å². The third-order valence-corrected chi connectivity index (χ3v) is 7.19. The Bertz CT molecular complexity index is 1480. The summed E-state index contributed by atoms with van der Waals surface area (Å²) in [6.07, 6.45) is -3.68. The van der Waals surface area contributed by atoms with Crippen LogP contribution in [-0.4, -0.2) is 98.8 Å². The lowest BCUT2D eigenvalue weighted by Crippen LogP contribution is -2.35. The number of carbonyl (C=O) groups excluding carboxylic acids is 1. The number of methoxy groups -OCH3 is 4. The Morgan fingerprint density at radius 2 is 1.54 bits per heavy atom. The highest BCUT2D eigenvalue weighted by atomic mass is 16.7. The number of hydrogen-bond acceptors (Lipinski definition) is 13. The Hall–Kier alpha value is -4.53. The summed E-state index contributed by atoms with van der Waals surface area (Å²) in [5.74, 6) is 0.856. The van der Waals surface area contributed by atoms with Crippen molar-refractivity contribution in [2.75, 3.05) is 41.7 Å². The van der Waals surface area contributed by atoms with Crippen molar-refractivity contribution >= 4 is 12.0 Å². The molecule has 0 saturated carbocycles. The maximum atomic E-state index is 12.3. The first-order valence-electron chi connectivity index (χ1n) is 14.2. The lowest BCUT2D eigenvalue weighted by molar-refractivity contribution is -0.162. The summed E-state index contributed by atoms with van der Waals surface area (Å²) in [7, 11) is 5.70. The minimum absolute atomic E-state index is 0.0767. The second-order valence-corrected chi connectivity index (χ2v) is 10.1. The number of esters is 1. The van der Waals surface area contributed by atoms with Crippen molar-refractivity contribution in [2.45, 2.75) is 36.8 Å². The predicted molar refractivity (Wildman–Crippen MR) is 163 cm³/mol. The van der Waals surface area contributed by atoms with E-state index in [-0.39, 0.29) is 18.1 Å². The molecule has 13 nitrogen and oxygen atoms in total. The van der Waals surface area contributed by atoms with Gasteiger partial charge in [-0.05, 0) is 48.0 Å². The molecule has 4 rings (SSSR count). The molecule has 1 saturated heterocycles. The third kappa shape index (κ3) is 8.19. The summed E-state index contributed by atoms with van der Waals surface area (Å²) in [5, 5.41) is 40.6. The zero-order chi connectivity index (χ0) is 33.2. The van der Waals surface area contributed by atoms with Gasteiger partial charge in [-0.3, -0.25) is 0 Å². The van der Waals surface area contributed by atoms with Crippen LogP contribution in [0.25, 0.3) is 6.08 Å². The topological polar surface area (TPSA) is 172 Å². The molecule has 3 aromatic carbocycles. The summed E-state index contributed by atoms with van der Waals surface area (Å²) in [6, 6.07) is 16.6. The molecule has 1 heterocycles. The van der Waals surface area contributed by atoms with Crippen molar-refractivity contribution in [2.24, 2.45) is 0 Å². The van der Waals surface area contributed by atoms with Crippen molar-refractivity contribution in [3.8, 4) is 34.5 Å². The number of aromatic hydroxyl groups is 1. The molecule has 1 fully saturated rings. The van der Waals surface area contributed by atoms with E-state index in [2.05, 4.69) is 0 Å². The molecule has 0 spiro atoms. The van der Waals surface area contributed by atoms with Gasteiger partial charge in [-0.15, -0.1) is 0 Å². The monoisotopic (exact) mass is 642 g/mol. The number of hydrogen-bond donors (Lipinski definition) is 4. The van der Waals surface area contributed by atoms with E-state index in [4.69, 9.17) is 37.9 Å². The first-order chi connectivity index (χ1) is 22.2. The van der Waals surface area contributed by atoms with Crippen LogP contribution in [0.1, 0.15) is 17.2 Å². The molecule has 13 heteroatoms. The average Bonchev–Trinajstić information content (AvgIpc) is 3.36. The van der Waals surface area contributed by atoms with E-state index in [1.54, 1.807) is 54.6 Å². The van der Waals surface area contributed by atoms with Gasteiger partial charge in [0.25, 0.3) is 0 Å². The van der Waals surface area contributed by atoms with Gasteiger partial charge in [0.05, 0.1) is 27.9 Å². The van der Waals surface area contributed by atoms with Crippen LogP contribution in [0, 0.1) is 0 Å². The number of aliphatic hydroxyl groups excluding tert-OH is 3. The van der Waals surface area contributed by atoms with Gasteiger partial charge < -0.3 is 58.3 Å². The van der Waals surface area contributed by atoms with E-state index >= 15 is 0 Å². The molecule has 6 atom stereocenters. The Balaban J connectivity index is 1.54. The van der Waals surface area contributed by atoms with E-state index in [9.17, 15) is 25.2 Å². The third-order valence-electron chi connectivity index (χ3n) is 7.19. The number of phenolic OH excluding ortho intramolecular Hbond substituents is 1. The van der Waals surface area contributed by atoms with E-state index in [1.807, 2.05) is 0 Å². The first-order valence-corrected chi connectivity index (χ1v) is 14.2. The van der Waals surface area contributed by atoms with Crippen LogP contribution in [0.2, 0.25) is 0 Å². The lowest BCUT2D eigenvalue weighted by Gasteiger charge is -2.29. The van der Waals surface area contributed by atoms with Gasteiger partial charge in [-0.2, -0.15) is 0 Å². The molecule has 0 bridgehead atoms. The smallest absolute Gasteiger partial charge is 0.330 e. The molecular formula is C33H38O13. The van der Waals surface area contributed by atoms with Crippen LogP contribution in [0.5, 0.6) is 34.5 Å². The zero-order valence-electron chi connectivity index (χ0n) is 25.8. The summed E-state index contributed by atoms with van der Waals surface area (Å²) >= 11 is 0. The van der Waals surface area contributed by atoms with Crippen LogP contribution >= 0.6 is 0 Å². The lowest BCUT2D eigenvalue weighted by atomic mass is 10.0. The summed E-state index contributed by atoms with van der Waals surface area (Å²) in [4.78, 5) is 12.3. The molecule has 1 aliphatic heterocycles. The molecular weight excluding hydrogens is 604 g/mol. The second kappa shape index (κ2) is 16.2. The number of phenols is 1. The number of para-hydroxylation sites is 2. The molecule has 46 heavy (non-hydrogen) atoms. The van der Waals surface area contributed by atoms with E-state index in [1.165, 1.54) is 46.7 Å². The van der Waals surface area contributed by atoms with Gasteiger partial charge in [-0.25, -0.2) is 4.79 Å². The molecule has 1 aliphatic rings. The molecule has 3 aromatic rings. The van der Waals surface area contributed by atoms with Crippen molar-refractivity contribution in [3.05, 3.63) is 77.9 Å². The molecule has 0 amide bonds. The van der Waals surface area contributed by atoms with Gasteiger partial charge in [0.15, 0.2) is 53.0 Å². The van der Waals surface area contributed by atoms with Crippen molar-refractivity contribution in [1.82, 2.24) is 0 Å². The second-order valence-electron chi connectivity index (χ2n) is 10.1. The largest absolute Gasteiger partial charge is 0.504 e. The zero-order valence-corrected chi connectivity index (χ0v) is 25.8. The van der Waals surface area contributed by atoms with Gasteiger partial charge in [0.1, 0.15) is 24.9 Å². The molecule has 0 aliphatic carbocycles. The van der Waals surface area contributed by atoms with Gasteiger partial charge in [-0.1, -0.05) is 24.3 Å². The Morgan fingerprint density at radius 3 is 2.20 bits per heavy atom. The van der Waals surface area contributed by atoms with Crippen molar-refractivity contribution in [3.63, 3.8) is 0 Å². The molecule has 0 aromatic heterocycles. The average molecular weight is 643 g/mol. The minimum atomic E-state index is -1.27. The first kappa shape index (κ1) is 34.3. The SMILES string of the molecule is COc1cc([C@@H](Oc2ccc(/C=C/C(=O)OC[C@@H]3O[C@@H](OC)[C@H](O)[C@H]3O)cc2OC)[C@@H](CO)Oc2ccccc2OC)ccc1O. The van der Waals surface area contributed by atoms with E-state index in [0.717, 1.165) is 0 Å². The minimum Gasteiger partial charge on any atom is -0.504 e. The fourth-order valence-corrected chi connectivity index (χ4v) is 4.75. The van der Waals surface area contributed by atoms with Gasteiger partial charge in [0.2, 0.25) is 0 Å². The number of benzene rings is 3. The summed E-state index contributed by atoms with van der Waals surface area (Å²) in [6.45, 7) is -0.741. The highest BCUT2D eigenvalue weighted by Gasteiger charge is 2.43. The van der Waals surface area contributed by atoms with E-state index < -0.39 is 49.4 Å². The standard InChI is InChI=1S/C33H38O13/c1-39-22-7-5-6-8-23(22)44-27(17-34)32(20-11-12-21(35)25(16-20)40-2)45-24-13-9-19(15-26(24)41-3)10-14-29(36)43-18-28-30(37)31(38)33(42-4)46-28/h5-16,27-28,30-35,37-38H,17-18H2,1-4H3/b14-10+/t27-,28+,30+,31-,32-,33-/m1/s1. The van der Waals surface area contributed by atoms with Crippen LogP contribution < -0.4 is 23.7 Å². The van der Waals surface area contributed by atoms with Crippen LogP contribution in [0.3, 0.4) is 0 Å². The van der Waals surface area contributed by atoms with Gasteiger partial charge in [0, 0.05) is 18.7 Å². The number of ether oxygens (including phenoxy) is 8. The van der Waals surface area contributed by atoms with Crippen LogP contribution in [0.15, 0.2) is 66.7 Å². The van der Waals surface area contributed by atoms with Crippen molar-refractivity contribution < 1.29 is 63.1 Å². The normalized spacial score (nSPS) is 20.6. The van der Waals surface area contributed by atoms with Crippen LogP contribution in [-0.2, 0) is 19.0 Å². The quantitative estimate of drug-likeness (QED) is 0.141. The fraction of sp³-hybridized carbons (Fsp3) is 0.364. The maximum absolute atomic E-state index is 12.3. The summed E-state index contributed by atoms with van der Waals surface area (Å²) in [5.41, 5.74) is 1.10. The Kier molecular flexibility index (Phi) is 12.1. The molecule has 248 valence electrons. The highest BCUT2D eigenvalue weighted by molar-refractivity contribution is 5.87. The summed E-state index contributed by atoms with van der Waals surface area (Å²) < 4.78 is 44.3. The Morgan fingerprint density at radius 1 is 0.848 bits per heavy atom. The Labute approximate surface area is 266 Å². The number of carbonyl (C=O) groups is 1. The maximum Gasteiger partial charge on any atom is 0.330 e. The molecule has 4 N–H and O–H groups in total. The predicted octanol–water partition coefficient (Wildman–Crippen LogP) is 2.63. The number of rotatable bonds is 15. The molecule has 0 unspecified atom stereocenters. The number of aliphatic hydroxyl groups is 3. The highest BCUT2D eigenvalue weighted by Crippen LogP contribution is 2.38.